The summed E-state index contributed by atoms with van der Waals surface area (Å²) in [6.07, 6.45) is 1.96. The summed E-state index contributed by atoms with van der Waals surface area (Å²) in [6.45, 7) is 2.54. The van der Waals surface area contributed by atoms with Crippen molar-refractivity contribution in [2.45, 2.75) is 25.4 Å². The van der Waals surface area contributed by atoms with E-state index in [0.717, 1.165) is 38.2 Å². The Hall–Kier alpha value is -1.05. The third kappa shape index (κ3) is 3.72. The van der Waals surface area contributed by atoms with Crippen molar-refractivity contribution >= 4 is 17.4 Å². The molecule has 1 aromatic rings. The first-order valence-electron chi connectivity index (χ1n) is 6.05. The van der Waals surface area contributed by atoms with Gasteiger partial charge in [-0.25, -0.2) is 0 Å². The largest absolute Gasteiger partial charge is 0.375 e. The Balaban J connectivity index is 1.68. The zero-order valence-electron chi connectivity index (χ0n) is 10.5. The van der Waals surface area contributed by atoms with Crippen LogP contribution in [-0.2, 0) is 16.1 Å². The fourth-order valence-electron chi connectivity index (χ4n) is 2.06. The van der Waals surface area contributed by atoms with Crippen LogP contribution in [0.5, 0.6) is 0 Å². The quantitative estimate of drug-likeness (QED) is 0.831. The average molecular weight is 270 g/mol. The zero-order valence-corrected chi connectivity index (χ0v) is 11.3. The molecular weight excluding hydrogens is 252 g/mol. The van der Waals surface area contributed by atoms with Gasteiger partial charge in [0, 0.05) is 38.2 Å². The highest BCUT2D eigenvalue weighted by Crippen LogP contribution is 2.11. The van der Waals surface area contributed by atoms with Gasteiger partial charge in [-0.05, 0) is 24.4 Å². The highest BCUT2D eigenvalue weighted by Gasteiger charge is 2.22. The minimum Gasteiger partial charge on any atom is -0.375 e. The molecular formula is C11H18N4O2S. The van der Waals surface area contributed by atoms with Crippen molar-refractivity contribution in [3.63, 3.8) is 0 Å². The summed E-state index contributed by atoms with van der Waals surface area (Å²) in [5.74, 6) is 0.0830. The van der Waals surface area contributed by atoms with Crippen LogP contribution in [0.15, 0.2) is 5.38 Å². The van der Waals surface area contributed by atoms with Crippen LogP contribution in [0.2, 0.25) is 0 Å². The zero-order chi connectivity index (χ0) is 12.8. The number of nitrogens with zero attached hydrogens (tertiary/aromatic N) is 3. The van der Waals surface area contributed by atoms with Crippen LogP contribution in [0.1, 0.15) is 18.5 Å². The second kappa shape index (κ2) is 6.77. The topological polar surface area (TPSA) is 67.3 Å². The van der Waals surface area contributed by atoms with Gasteiger partial charge in [0.05, 0.1) is 5.69 Å². The number of hydrogen-bond donors (Lipinski definition) is 1. The number of carbonyl (C=O) groups excluding carboxylic acids is 1. The van der Waals surface area contributed by atoms with Crippen LogP contribution in [0, 0.1) is 0 Å². The lowest BCUT2D eigenvalue weighted by molar-refractivity contribution is -0.136. The summed E-state index contributed by atoms with van der Waals surface area (Å²) in [6, 6.07) is 0.457. The summed E-state index contributed by atoms with van der Waals surface area (Å²) in [7, 11) is 1.55. The number of carbonyl (C=O) groups is 1. The van der Waals surface area contributed by atoms with Crippen molar-refractivity contribution in [2.75, 3.05) is 26.8 Å². The fourth-order valence-corrected chi connectivity index (χ4v) is 2.51. The molecule has 2 rings (SSSR count). The van der Waals surface area contributed by atoms with Gasteiger partial charge in [0.1, 0.15) is 6.61 Å². The van der Waals surface area contributed by atoms with E-state index in [1.807, 2.05) is 10.3 Å². The van der Waals surface area contributed by atoms with Crippen LogP contribution < -0.4 is 5.32 Å². The molecule has 0 spiro atoms. The number of hydrogen-bond acceptors (Lipinski definition) is 6. The molecule has 1 fully saturated rings. The van der Waals surface area contributed by atoms with Gasteiger partial charge in [0.2, 0.25) is 5.91 Å². The van der Waals surface area contributed by atoms with Gasteiger partial charge >= 0.3 is 0 Å². The Labute approximate surface area is 110 Å². The van der Waals surface area contributed by atoms with Crippen LogP contribution in [-0.4, -0.2) is 53.2 Å². The van der Waals surface area contributed by atoms with Crippen molar-refractivity contribution in [1.29, 1.82) is 0 Å². The number of aromatic nitrogens is 2. The molecule has 0 radical (unpaired) electrons. The molecule has 1 aliphatic heterocycles. The van der Waals surface area contributed by atoms with Crippen LogP contribution >= 0.6 is 11.5 Å². The molecule has 1 N–H and O–H groups in total. The van der Waals surface area contributed by atoms with E-state index in [-0.39, 0.29) is 12.5 Å². The van der Waals surface area contributed by atoms with E-state index in [4.69, 9.17) is 4.74 Å². The van der Waals surface area contributed by atoms with Gasteiger partial charge < -0.3 is 15.0 Å². The highest BCUT2D eigenvalue weighted by atomic mass is 32.1. The summed E-state index contributed by atoms with van der Waals surface area (Å²) < 4.78 is 8.69. The predicted molar refractivity (Wildman–Crippen MR) is 68.2 cm³/mol. The van der Waals surface area contributed by atoms with Crippen LogP contribution in [0.3, 0.4) is 0 Å². The monoisotopic (exact) mass is 270 g/mol. The van der Waals surface area contributed by atoms with E-state index in [0.29, 0.717) is 6.04 Å². The summed E-state index contributed by atoms with van der Waals surface area (Å²) >= 11 is 1.37. The Morgan fingerprint density at radius 1 is 1.61 bits per heavy atom. The predicted octanol–water partition coefficient (Wildman–Crippen LogP) is 0.265. The average Bonchev–Trinajstić information content (AvgIpc) is 2.90. The lowest BCUT2D eigenvalue weighted by Crippen LogP contribution is -2.45. The van der Waals surface area contributed by atoms with Gasteiger partial charge in [-0.1, -0.05) is 4.49 Å². The summed E-state index contributed by atoms with van der Waals surface area (Å²) in [4.78, 5) is 13.5. The molecule has 0 atom stereocenters. The highest BCUT2D eigenvalue weighted by molar-refractivity contribution is 7.03. The molecule has 6 nitrogen and oxygen atoms in total. The lowest BCUT2D eigenvalue weighted by Gasteiger charge is -2.32. The van der Waals surface area contributed by atoms with Crippen molar-refractivity contribution in [2.24, 2.45) is 0 Å². The standard InChI is InChI=1S/C11H18N4O2S/c1-17-7-11(16)15-4-2-9(3-5-15)12-6-10-8-18-14-13-10/h8-9,12H,2-7H2,1H3. The minimum absolute atomic E-state index is 0.0830. The SMILES string of the molecule is COCC(=O)N1CCC(NCc2csnn2)CC1. The van der Waals surface area contributed by atoms with Gasteiger partial charge in [-0.15, -0.1) is 5.10 Å². The molecule has 1 aromatic heterocycles. The summed E-state index contributed by atoms with van der Waals surface area (Å²) in [5.41, 5.74) is 0.984. The number of rotatable bonds is 5. The maximum Gasteiger partial charge on any atom is 0.248 e. The van der Waals surface area contributed by atoms with Crippen LogP contribution in [0.25, 0.3) is 0 Å². The van der Waals surface area contributed by atoms with E-state index >= 15 is 0 Å². The van der Waals surface area contributed by atoms with Gasteiger partial charge in [0.15, 0.2) is 0 Å². The second-order valence-electron chi connectivity index (χ2n) is 4.37. The van der Waals surface area contributed by atoms with Gasteiger partial charge in [-0.3, -0.25) is 4.79 Å². The van der Waals surface area contributed by atoms with E-state index in [1.165, 1.54) is 11.5 Å². The van der Waals surface area contributed by atoms with Crippen molar-refractivity contribution < 1.29 is 9.53 Å². The smallest absolute Gasteiger partial charge is 0.248 e. The van der Waals surface area contributed by atoms with Gasteiger partial charge in [-0.2, -0.15) is 0 Å². The Morgan fingerprint density at radius 2 is 2.39 bits per heavy atom. The molecule has 1 aliphatic rings. The van der Waals surface area contributed by atoms with E-state index in [2.05, 4.69) is 14.9 Å². The Bertz CT molecular complexity index is 363. The Morgan fingerprint density at radius 3 is 3.00 bits per heavy atom. The molecule has 2 heterocycles. The lowest BCUT2D eigenvalue weighted by atomic mass is 10.0. The molecule has 18 heavy (non-hydrogen) atoms. The van der Waals surface area contributed by atoms with Crippen molar-refractivity contribution in [3.05, 3.63) is 11.1 Å². The van der Waals surface area contributed by atoms with Crippen LogP contribution in [0.4, 0.5) is 0 Å². The van der Waals surface area contributed by atoms with E-state index < -0.39 is 0 Å². The molecule has 0 saturated carbocycles. The van der Waals surface area contributed by atoms with E-state index in [1.54, 1.807) is 7.11 Å². The maximum absolute atomic E-state index is 11.6. The maximum atomic E-state index is 11.6. The molecule has 0 bridgehead atoms. The third-order valence-electron chi connectivity index (χ3n) is 3.09. The van der Waals surface area contributed by atoms with Crippen molar-refractivity contribution in [1.82, 2.24) is 19.8 Å². The number of likely N-dealkylation sites (tertiary alicyclic amines) is 1. The third-order valence-corrected chi connectivity index (χ3v) is 3.65. The molecule has 0 aliphatic carbocycles. The Kier molecular flexibility index (Phi) is 5.03. The molecule has 7 heteroatoms. The van der Waals surface area contributed by atoms with Gasteiger partial charge in [0.25, 0.3) is 0 Å². The second-order valence-corrected chi connectivity index (χ2v) is 4.98. The molecule has 1 saturated heterocycles. The molecule has 1 amide bonds. The van der Waals surface area contributed by atoms with E-state index in [9.17, 15) is 4.79 Å². The van der Waals surface area contributed by atoms with Crippen molar-refractivity contribution in [3.8, 4) is 0 Å². The molecule has 0 unspecified atom stereocenters. The number of nitrogens with one attached hydrogen (secondary N) is 1. The number of piperidine rings is 1. The normalized spacial score (nSPS) is 17.1. The first-order valence-corrected chi connectivity index (χ1v) is 6.89. The first-order chi connectivity index (χ1) is 8.79. The summed E-state index contributed by atoms with van der Waals surface area (Å²) in [5, 5.41) is 9.39. The number of ether oxygens (including phenoxy) is 1. The fraction of sp³-hybridized carbons (Fsp3) is 0.727. The molecule has 100 valence electrons. The first kappa shape index (κ1) is 13.4. The number of amides is 1. The number of methoxy groups -OCH3 is 1. The molecule has 0 aromatic carbocycles. The minimum atomic E-state index is 0.0830.